The van der Waals surface area contributed by atoms with Gasteiger partial charge >= 0.3 is 0 Å². The molecule has 2 N–H and O–H groups in total. The lowest BCUT2D eigenvalue weighted by Gasteiger charge is -2.21. The molecule has 1 aromatic heterocycles. The lowest BCUT2D eigenvalue weighted by molar-refractivity contribution is 0.264. The molecule has 1 aromatic carbocycles. The fourth-order valence-corrected chi connectivity index (χ4v) is 2.22. The van der Waals surface area contributed by atoms with E-state index in [4.69, 9.17) is 5.73 Å². The molecule has 2 aromatic rings. The third kappa shape index (κ3) is 2.90. The Balaban J connectivity index is 2.32. The highest BCUT2D eigenvalue weighted by Crippen LogP contribution is 2.25. The Morgan fingerprint density at radius 3 is 2.79 bits per heavy atom. The first-order valence-corrected chi connectivity index (χ1v) is 7.00. The van der Waals surface area contributed by atoms with Crippen molar-refractivity contribution in [3.8, 4) is 0 Å². The van der Waals surface area contributed by atoms with Gasteiger partial charge in [-0.05, 0) is 42.9 Å². The third-order valence-corrected chi connectivity index (χ3v) is 3.99. The molecule has 0 saturated heterocycles. The Morgan fingerprint density at radius 2 is 2.16 bits per heavy atom. The summed E-state index contributed by atoms with van der Waals surface area (Å²) in [5.74, 6) is 0.121. The molecule has 0 fully saturated rings. The van der Waals surface area contributed by atoms with Gasteiger partial charge in [0.1, 0.15) is 5.82 Å². The summed E-state index contributed by atoms with van der Waals surface area (Å²) >= 11 is 3.16. The summed E-state index contributed by atoms with van der Waals surface area (Å²) in [6, 6.07) is 3.59. The van der Waals surface area contributed by atoms with Gasteiger partial charge in [0, 0.05) is 25.2 Å². The van der Waals surface area contributed by atoms with Crippen LogP contribution in [0, 0.1) is 5.82 Å². The van der Waals surface area contributed by atoms with Gasteiger partial charge in [0.05, 0.1) is 15.5 Å². The largest absolute Gasteiger partial charge is 0.369 e. The number of likely N-dealkylation sites (N-methyl/N-ethyl adjacent to an activating group) is 1. The van der Waals surface area contributed by atoms with Crippen molar-refractivity contribution < 1.29 is 4.39 Å². The molecular formula is C13H18BrFN4. The Morgan fingerprint density at radius 1 is 1.47 bits per heavy atom. The molecule has 4 nitrogen and oxygen atoms in total. The summed E-state index contributed by atoms with van der Waals surface area (Å²) in [5, 5.41) is 0. The highest BCUT2D eigenvalue weighted by Gasteiger charge is 2.12. The SMILES string of the molecule is CC(C)N(C)CCn1c(N)nc2cc(Br)c(F)cc21. The lowest BCUT2D eigenvalue weighted by atomic mass is 10.3. The van der Waals surface area contributed by atoms with E-state index in [1.807, 2.05) is 4.57 Å². The van der Waals surface area contributed by atoms with Crippen molar-refractivity contribution >= 4 is 32.9 Å². The zero-order valence-electron chi connectivity index (χ0n) is 11.3. The molecule has 6 heteroatoms. The van der Waals surface area contributed by atoms with Crippen molar-refractivity contribution in [2.45, 2.75) is 26.4 Å². The van der Waals surface area contributed by atoms with Crippen molar-refractivity contribution in [3.63, 3.8) is 0 Å². The number of imidazole rings is 1. The second kappa shape index (κ2) is 5.46. The number of anilines is 1. The minimum absolute atomic E-state index is 0.300. The number of nitrogens with two attached hydrogens (primary N) is 1. The number of fused-ring (bicyclic) bond motifs is 1. The van der Waals surface area contributed by atoms with Gasteiger partial charge in [-0.3, -0.25) is 0 Å². The molecule has 0 saturated carbocycles. The first-order valence-electron chi connectivity index (χ1n) is 6.21. The molecule has 0 radical (unpaired) electrons. The van der Waals surface area contributed by atoms with Crippen LogP contribution in [-0.2, 0) is 6.54 Å². The molecule has 0 aliphatic heterocycles. The summed E-state index contributed by atoms with van der Waals surface area (Å²) in [6.07, 6.45) is 0. The first kappa shape index (κ1) is 14.3. The van der Waals surface area contributed by atoms with Crippen molar-refractivity contribution in [2.75, 3.05) is 19.3 Å². The van der Waals surface area contributed by atoms with Crippen LogP contribution >= 0.6 is 15.9 Å². The van der Waals surface area contributed by atoms with E-state index in [0.29, 0.717) is 28.5 Å². The van der Waals surface area contributed by atoms with Gasteiger partial charge in [-0.1, -0.05) is 0 Å². The maximum atomic E-state index is 13.6. The van der Waals surface area contributed by atoms with Gasteiger partial charge in [-0.2, -0.15) is 0 Å². The van der Waals surface area contributed by atoms with E-state index >= 15 is 0 Å². The summed E-state index contributed by atoms with van der Waals surface area (Å²) in [4.78, 5) is 6.47. The number of halogens is 2. The molecule has 104 valence electrons. The quantitative estimate of drug-likeness (QED) is 0.938. The van der Waals surface area contributed by atoms with Gasteiger partial charge in [0.15, 0.2) is 0 Å². The van der Waals surface area contributed by atoms with E-state index in [1.54, 1.807) is 6.07 Å². The van der Waals surface area contributed by atoms with E-state index < -0.39 is 0 Å². The molecule has 1 heterocycles. The van der Waals surface area contributed by atoms with Gasteiger partial charge in [-0.25, -0.2) is 9.37 Å². The number of hydrogen-bond donors (Lipinski definition) is 1. The van der Waals surface area contributed by atoms with Crippen LogP contribution in [0.5, 0.6) is 0 Å². The maximum absolute atomic E-state index is 13.6. The van der Waals surface area contributed by atoms with E-state index in [9.17, 15) is 4.39 Å². The fraction of sp³-hybridized carbons (Fsp3) is 0.462. The number of rotatable bonds is 4. The zero-order valence-corrected chi connectivity index (χ0v) is 12.9. The number of nitrogens with zero attached hydrogens (tertiary/aromatic N) is 3. The monoisotopic (exact) mass is 328 g/mol. The van der Waals surface area contributed by atoms with Crippen molar-refractivity contribution in [3.05, 3.63) is 22.4 Å². The normalized spacial score (nSPS) is 11.9. The standard InChI is InChI=1S/C13H18BrFN4/c1-8(2)18(3)4-5-19-12-7-10(15)9(14)6-11(12)17-13(19)16/h6-8H,4-5H2,1-3H3,(H2,16,17). The predicted octanol–water partition coefficient (Wildman–Crippen LogP) is 2.86. The molecular weight excluding hydrogens is 311 g/mol. The van der Waals surface area contributed by atoms with Crippen molar-refractivity contribution in [1.82, 2.24) is 14.5 Å². The number of aromatic nitrogens is 2. The molecule has 0 amide bonds. The highest BCUT2D eigenvalue weighted by molar-refractivity contribution is 9.10. The molecule has 0 unspecified atom stereocenters. The summed E-state index contributed by atoms with van der Waals surface area (Å²) in [7, 11) is 2.05. The van der Waals surface area contributed by atoms with Crippen LogP contribution in [0.1, 0.15) is 13.8 Å². The molecule has 0 aliphatic rings. The van der Waals surface area contributed by atoms with Crippen molar-refractivity contribution in [2.24, 2.45) is 0 Å². The zero-order chi connectivity index (χ0) is 14.2. The van der Waals surface area contributed by atoms with Crippen LogP contribution in [0.3, 0.4) is 0 Å². The molecule has 0 atom stereocenters. The minimum Gasteiger partial charge on any atom is -0.369 e. The first-order chi connectivity index (χ1) is 8.90. The van der Waals surface area contributed by atoms with Crippen LogP contribution in [-0.4, -0.2) is 34.1 Å². The van der Waals surface area contributed by atoms with E-state index in [-0.39, 0.29) is 5.82 Å². The summed E-state index contributed by atoms with van der Waals surface area (Å²) in [5.41, 5.74) is 7.35. The third-order valence-electron chi connectivity index (χ3n) is 3.38. The van der Waals surface area contributed by atoms with Gasteiger partial charge in [0.25, 0.3) is 0 Å². The summed E-state index contributed by atoms with van der Waals surface area (Å²) in [6.45, 7) is 5.79. The Bertz CT molecular complexity index is 594. The van der Waals surface area contributed by atoms with E-state index in [0.717, 1.165) is 12.1 Å². The topological polar surface area (TPSA) is 47.1 Å². The van der Waals surface area contributed by atoms with Crippen LogP contribution in [0.4, 0.5) is 10.3 Å². The lowest BCUT2D eigenvalue weighted by Crippen LogP contribution is -2.29. The fourth-order valence-electron chi connectivity index (χ4n) is 1.89. The van der Waals surface area contributed by atoms with Crippen molar-refractivity contribution in [1.29, 1.82) is 0 Å². The molecule has 0 spiro atoms. The second-order valence-electron chi connectivity index (χ2n) is 4.95. The van der Waals surface area contributed by atoms with Gasteiger partial charge in [-0.15, -0.1) is 0 Å². The average molecular weight is 329 g/mol. The molecule has 0 aliphatic carbocycles. The Kier molecular flexibility index (Phi) is 4.10. The Hall–Kier alpha value is -1.14. The highest BCUT2D eigenvalue weighted by atomic mass is 79.9. The van der Waals surface area contributed by atoms with Crippen LogP contribution in [0.2, 0.25) is 0 Å². The Labute approximate surface area is 120 Å². The van der Waals surface area contributed by atoms with Gasteiger partial charge < -0.3 is 15.2 Å². The van der Waals surface area contributed by atoms with Crippen LogP contribution in [0.15, 0.2) is 16.6 Å². The molecule has 0 bridgehead atoms. The smallest absolute Gasteiger partial charge is 0.201 e. The average Bonchev–Trinajstić information content (AvgIpc) is 2.62. The summed E-state index contributed by atoms with van der Waals surface area (Å²) < 4.78 is 15.9. The number of nitrogen functional groups attached to an aromatic ring is 1. The van der Waals surface area contributed by atoms with Gasteiger partial charge in [0.2, 0.25) is 5.95 Å². The maximum Gasteiger partial charge on any atom is 0.201 e. The van der Waals surface area contributed by atoms with E-state index in [1.165, 1.54) is 6.07 Å². The van der Waals surface area contributed by atoms with Crippen LogP contribution < -0.4 is 5.73 Å². The predicted molar refractivity (Wildman–Crippen MR) is 79.6 cm³/mol. The molecule has 19 heavy (non-hydrogen) atoms. The number of benzene rings is 1. The minimum atomic E-state index is -0.300. The second-order valence-corrected chi connectivity index (χ2v) is 5.81. The molecule has 2 rings (SSSR count). The number of hydrogen-bond acceptors (Lipinski definition) is 3. The van der Waals surface area contributed by atoms with Crippen LogP contribution in [0.25, 0.3) is 11.0 Å². The van der Waals surface area contributed by atoms with E-state index in [2.05, 4.69) is 46.7 Å².